The molecule has 104 valence electrons. The van der Waals surface area contributed by atoms with Gasteiger partial charge in [0.2, 0.25) is 0 Å². The number of anilines is 1. The van der Waals surface area contributed by atoms with E-state index in [4.69, 9.17) is 11.6 Å². The predicted octanol–water partition coefficient (Wildman–Crippen LogP) is 3.32. The summed E-state index contributed by atoms with van der Waals surface area (Å²) in [5.41, 5.74) is 5.01. The number of hydrogen-bond acceptors (Lipinski definition) is 4. The minimum Gasteiger partial charge on any atom is -0.377 e. The zero-order valence-corrected chi connectivity index (χ0v) is 12.5. The molecule has 0 aromatic carbocycles. The van der Waals surface area contributed by atoms with Crippen LogP contribution in [-0.2, 0) is 6.42 Å². The molecule has 0 unspecified atom stereocenters. The van der Waals surface area contributed by atoms with Crippen molar-refractivity contribution in [3.63, 3.8) is 0 Å². The van der Waals surface area contributed by atoms with Gasteiger partial charge in [0.05, 0.1) is 22.8 Å². The second-order valence-corrected chi connectivity index (χ2v) is 5.76. The molecule has 0 aliphatic heterocycles. The van der Waals surface area contributed by atoms with Gasteiger partial charge < -0.3 is 4.90 Å². The van der Waals surface area contributed by atoms with E-state index in [0.29, 0.717) is 11.6 Å². The molecule has 0 saturated heterocycles. The number of rotatable bonds is 1. The van der Waals surface area contributed by atoms with Crippen LogP contribution in [0.3, 0.4) is 0 Å². The maximum atomic E-state index is 6.18. The highest BCUT2D eigenvalue weighted by Crippen LogP contribution is 2.41. The van der Waals surface area contributed by atoms with Crippen LogP contribution in [0.4, 0.5) is 5.69 Å². The molecule has 0 spiro atoms. The van der Waals surface area contributed by atoms with Crippen LogP contribution in [0.2, 0.25) is 5.15 Å². The summed E-state index contributed by atoms with van der Waals surface area (Å²) in [6.07, 6.45) is 4.36. The lowest BCUT2D eigenvalue weighted by atomic mass is 9.92. The van der Waals surface area contributed by atoms with Crippen LogP contribution in [-0.4, -0.2) is 29.0 Å². The van der Waals surface area contributed by atoms with Gasteiger partial charge in [-0.2, -0.15) is 0 Å². The number of aromatic nitrogens is 3. The van der Waals surface area contributed by atoms with Crippen molar-refractivity contribution in [2.75, 3.05) is 19.0 Å². The highest BCUT2D eigenvalue weighted by Gasteiger charge is 2.25. The van der Waals surface area contributed by atoms with Gasteiger partial charge in [-0.3, -0.25) is 9.97 Å². The topological polar surface area (TPSA) is 41.9 Å². The molecule has 0 radical (unpaired) electrons. The Balaban J connectivity index is 2.16. The standard InChI is InChI=1S/C16H13ClN4/c1-21(2)12-8-13(17)20-11-7-10-14-9(3-5-18-10)4-6-19-16(14)15(11)12/h3-6,8H,7H2,1-2H3. The molecule has 21 heavy (non-hydrogen) atoms. The first kappa shape index (κ1) is 12.5. The van der Waals surface area contributed by atoms with Crippen molar-refractivity contribution in [3.8, 4) is 11.3 Å². The predicted molar refractivity (Wildman–Crippen MR) is 84.9 cm³/mol. The third-order valence-electron chi connectivity index (χ3n) is 3.85. The normalized spacial score (nSPS) is 12.3. The summed E-state index contributed by atoms with van der Waals surface area (Å²) in [6.45, 7) is 0. The first-order valence-electron chi connectivity index (χ1n) is 6.75. The maximum absolute atomic E-state index is 6.18. The van der Waals surface area contributed by atoms with E-state index in [9.17, 15) is 0 Å². The van der Waals surface area contributed by atoms with Gasteiger partial charge in [0.15, 0.2) is 0 Å². The molecule has 3 aromatic heterocycles. The minimum absolute atomic E-state index is 0.504. The van der Waals surface area contributed by atoms with Crippen molar-refractivity contribution in [1.82, 2.24) is 15.0 Å². The fraction of sp³-hybridized carbons (Fsp3) is 0.188. The molecule has 3 heterocycles. The molecule has 1 aliphatic carbocycles. The van der Waals surface area contributed by atoms with Crippen LogP contribution in [0.25, 0.3) is 22.0 Å². The second kappa shape index (κ2) is 4.40. The van der Waals surface area contributed by atoms with Gasteiger partial charge in [-0.25, -0.2) is 4.98 Å². The third kappa shape index (κ3) is 1.79. The van der Waals surface area contributed by atoms with E-state index in [-0.39, 0.29) is 0 Å². The van der Waals surface area contributed by atoms with Gasteiger partial charge in [0.1, 0.15) is 5.15 Å². The van der Waals surface area contributed by atoms with Gasteiger partial charge in [0, 0.05) is 43.9 Å². The number of fused-ring (bicyclic) bond motifs is 2. The van der Waals surface area contributed by atoms with Crippen LogP contribution in [0.1, 0.15) is 11.4 Å². The molecule has 0 fully saturated rings. The fourth-order valence-electron chi connectivity index (χ4n) is 2.96. The molecular weight excluding hydrogens is 284 g/mol. The van der Waals surface area contributed by atoms with Crippen molar-refractivity contribution in [2.24, 2.45) is 0 Å². The number of nitrogens with zero attached hydrogens (tertiary/aromatic N) is 4. The van der Waals surface area contributed by atoms with E-state index in [0.717, 1.165) is 39.1 Å². The third-order valence-corrected chi connectivity index (χ3v) is 4.05. The first-order chi connectivity index (χ1) is 10.1. The summed E-state index contributed by atoms with van der Waals surface area (Å²) in [6, 6.07) is 5.93. The molecule has 4 rings (SSSR count). The second-order valence-electron chi connectivity index (χ2n) is 5.37. The van der Waals surface area contributed by atoms with E-state index in [1.165, 1.54) is 0 Å². The largest absolute Gasteiger partial charge is 0.377 e. The summed E-state index contributed by atoms with van der Waals surface area (Å²) < 4.78 is 0. The lowest BCUT2D eigenvalue weighted by Gasteiger charge is -2.24. The smallest absolute Gasteiger partial charge is 0.131 e. The molecular formula is C16H13ClN4. The Morgan fingerprint density at radius 2 is 1.86 bits per heavy atom. The Hall–Kier alpha value is -2.20. The summed E-state index contributed by atoms with van der Waals surface area (Å²) in [5.74, 6) is 0. The van der Waals surface area contributed by atoms with Crippen molar-refractivity contribution in [3.05, 3.63) is 47.1 Å². The van der Waals surface area contributed by atoms with Crippen LogP contribution in [0, 0.1) is 0 Å². The van der Waals surface area contributed by atoms with E-state index in [1.54, 1.807) is 0 Å². The molecule has 0 N–H and O–H groups in total. The summed E-state index contributed by atoms with van der Waals surface area (Å²) in [5, 5.41) is 2.79. The lowest BCUT2D eigenvalue weighted by Crippen LogP contribution is -2.15. The van der Waals surface area contributed by atoms with Crippen LogP contribution >= 0.6 is 11.6 Å². The van der Waals surface area contributed by atoms with Crippen molar-refractivity contribution in [2.45, 2.75) is 6.42 Å². The average molecular weight is 297 g/mol. The van der Waals surface area contributed by atoms with E-state index in [2.05, 4.69) is 15.0 Å². The van der Waals surface area contributed by atoms with E-state index in [1.807, 2.05) is 49.6 Å². The van der Waals surface area contributed by atoms with Crippen molar-refractivity contribution in [1.29, 1.82) is 0 Å². The number of hydrogen-bond donors (Lipinski definition) is 0. The summed E-state index contributed by atoms with van der Waals surface area (Å²) in [7, 11) is 4.01. The lowest BCUT2D eigenvalue weighted by molar-refractivity contribution is 0.999. The summed E-state index contributed by atoms with van der Waals surface area (Å²) in [4.78, 5) is 15.7. The molecule has 4 nitrogen and oxygen atoms in total. The van der Waals surface area contributed by atoms with Crippen molar-refractivity contribution < 1.29 is 0 Å². The van der Waals surface area contributed by atoms with Crippen LogP contribution < -0.4 is 4.90 Å². The zero-order chi connectivity index (χ0) is 14.6. The molecule has 0 bridgehead atoms. The highest BCUT2D eigenvalue weighted by molar-refractivity contribution is 6.30. The van der Waals surface area contributed by atoms with Crippen LogP contribution in [0.15, 0.2) is 30.6 Å². The first-order valence-corrected chi connectivity index (χ1v) is 7.12. The zero-order valence-electron chi connectivity index (χ0n) is 11.8. The van der Waals surface area contributed by atoms with Gasteiger partial charge in [-0.05, 0) is 23.6 Å². The molecule has 0 amide bonds. The Bertz CT molecular complexity index is 868. The Labute approximate surface area is 127 Å². The minimum atomic E-state index is 0.504. The molecule has 5 heteroatoms. The number of halogens is 1. The van der Waals surface area contributed by atoms with E-state index < -0.39 is 0 Å². The summed E-state index contributed by atoms with van der Waals surface area (Å²) >= 11 is 6.18. The number of pyridine rings is 3. The SMILES string of the molecule is CN(C)c1cc(Cl)nc2c1-c1nccc3ccnc(c13)C2. The van der Waals surface area contributed by atoms with Crippen LogP contribution in [0.5, 0.6) is 0 Å². The molecule has 1 aliphatic rings. The maximum Gasteiger partial charge on any atom is 0.131 e. The van der Waals surface area contributed by atoms with E-state index >= 15 is 0 Å². The Morgan fingerprint density at radius 3 is 2.62 bits per heavy atom. The quantitative estimate of drug-likeness (QED) is 0.505. The fourth-order valence-corrected chi connectivity index (χ4v) is 3.17. The Kier molecular flexibility index (Phi) is 2.62. The Morgan fingerprint density at radius 1 is 1.10 bits per heavy atom. The highest BCUT2D eigenvalue weighted by atomic mass is 35.5. The monoisotopic (exact) mass is 296 g/mol. The van der Waals surface area contributed by atoms with Gasteiger partial charge in [-0.15, -0.1) is 0 Å². The van der Waals surface area contributed by atoms with Gasteiger partial charge in [0.25, 0.3) is 0 Å². The van der Waals surface area contributed by atoms with Gasteiger partial charge >= 0.3 is 0 Å². The van der Waals surface area contributed by atoms with Crippen molar-refractivity contribution >= 4 is 28.1 Å². The average Bonchev–Trinajstić information content (AvgIpc) is 2.46. The van der Waals surface area contributed by atoms with Gasteiger partial charge in [-0.1, -0.05) is 11.6 Å². The molecule has 3 aromatic rings. The molecule has 0 atom stereocenters. The molecule has 0 saturated carbocycles.